The number of amides is 1. The molecule has 4 heteroatoms. The van der Waals surface area contributed by atoms with Crippen molar-refractivity contribution in [3.8, 4) is 0 Å². The first-order valence-electron chi connectivity index (χ1n) is 6.60. The fourth-order valence-electron chi connectivity index (χ4n) is 1.82. The van der Waals surface area contributed by atoms with Crippen molar-refractivity contribution in [2.75, 3.05) is 7.05 Å². The highest BCUT2D eigenvalue weighted by atomic mass is 19.1. The van der Waals surface area contributed by atoms with E-state index in [0.717, 1.165) is 0 Å². The van der Waals surface area contributed by atoms with Gasteiger partial charge in [-0.25, -0.2) is 4.39 Å². The molecule has 0 saturated carbocycles. The zero-order valence-corrected chi connectivity index (χ0v) is 12.1. The van der Waals surface area contributed by atoms with Gasteiger partial charge in [0, 0.05) is 25.1 Å². The van der Waals surface area contributed by atoms with Gasteiger partial charge in [-0.3, -0.25) is 4.79 Å². The van der Waals surface area contributed by atoms with E-state index in [9.17, 15) is 9.18 Å². The molecular weight excluding hydrogens is 243 g/mol. The molecule has 1 amide bonds. The maximum Gasteiger partial charge on any atom is 0.224 e. The zero-order valence-electron chi connectivity index (χ0n) is 12.1. The van der Waals surface area contributed by atoms with E-state index in [4.69, 9.17) is 5.73 Å². The lowest BCUT2D eigenvalue weighted by atomic mass is 10.0. The molecule has 2 N–H and O–H groups in total. The van der Waals surface area contributed by atoms with Crippen molar-refractivity contribution >= 4 is 5.91 Å². The second kappa shape index (κ2) is 6.66. The maximum absolute atomic E-state index is 13.7. The highest BCUT2D eigenvalue weighted by molar-refractivity contribution is 5.77. The third kappa shape index (κ3) is 4.03. The first-order valence-corrected chi connectivity index (χ1v) is 6.60. The van der Waals surface area contributed by atoms with Crippen molar-refractivity contribution in [2.24, 2.45) is 11.7 Å². The van der Waals surface area contributed by atoms with E-state index in [2.05, 4.69) is 0 Å². The second-order valence-corrected chi connectivity index (χ2v) is 5.31. The number of rotatable bonds is 5. The third-order valence-corrected chi connectivity index (χ3v) is 3.60. The quantitative estimate of drug-likeness (QED) is 0.890. The fourth-order valence-corrected chi connectivity index (χ4v) is 1.82. The minimum atomic E-state index is -0.298. The van der Waals surface area contributed by atoms with Gasteiger partial charge in [0.25, 0.3) is 0 Å². The van der Waals surface area contributed by atoms with Crippen LogP contribution in [0.15, 0.2) is 24.3 Å². The SMILES string of the molecule is CC(C)C(N)CC(=O)N(C)C(C)c1ccccc1F. The van der Waals surface area contributed by atoms with Crippen molar-refractivity contribution in [1.29, 1.82) is 0 Å². The van der Waals surface area contributed by atoms with Crippen molar-refractivity contribution in [3.05, 3.63) is 35.6 Å². The van der Waals surface area contributed by atoms with Crippen LogP contribution in [0.3, 0.4) is 0 Å². The predicted octanol–water partition coefficient (Wildman–Crippen LogP) is 2.72. The Morgan fingerprint density at radius 3 is 2.42 bits per heavy atom. The molecule has 3 nitrogen and oxygen atoms in total. The first kappa shape index (κ1) is 15.6. The Kier molecular flexibility index (Phi) is 5.48. The van der Waals surface area contributed by atoms with Crippen molar-refractivity contribution in [3.63, 3.8) is 0 Å². The summed E-state index contributed by atoms with van der Waals surface area (Å²) < 4.78 is 13.7. The van der Waals surface area contributed by atoms with Crippen LogP contribution in [0.5, 0.6) is 0 Å². The average molecular weight is 266 g/mol. The van der Waals surface area contributed by atoms with Crippen LogP contribution in [0, 0.1) is 11.7 Å². The molecule has 2 atom stereocenters. The molecule has 0 radical (unpaired) electrons. The van der Waals surface area contributed by atoms with Gasteiger partial charge in [-0.15, -0.1) is 0 Å². The summed E-state index contributed by atoms with van der Waals surface area (Å²) in [6, 6.07) is 6.06. The minimum absolute atomic E-state index is 0.0584. The number of carbonyl (C=O) groups is 1. The summed E-state index contributed by atoms with van der Waals surface area (Å²) in [5, 5.41) is 0. The monoisotopic (exact) mass is 266 g/mol. The van der Waals surface area contributed by atoms with E-state index < -0.39 is 0 Å². The van der Waals surface area contributed by atoms with Crippen LogP contribution in [-0.2, 0) is 4.79 Å². The third-order valence-electron chi connectivity index (χ3n) is 3.60. The van der Waals surface area contributed by atoms with E-state index in [1.165, 1.54) is 6.07 Å². The topological polar surface area (TPSA) is 46.3 Å². The highest BCUT2D eigenvalue weighted by Gasteiger charge is 2.22. The highest BCUT2D eigenvalue weighted by Crippen LogP contribution is 2.22. The number of nitrogens with zero attached hydrogens (tertiary/aromatic N) is 1. The molecule has 19 heavy (non-hydrogen) atoms. The largest absolute Gasteiger partial charge is 0.339 e. The van der Waals surface area contributed by atoms with E-state index in [-0.39, 0.29) is 36.1 Å². The van der Waals surface area contributed by atoms with Gasteiger partial charge in [0.1, 0.15) is 5.82 Å². The molecule has 2 unspecified atom stereocenters. The van der Waals surface area contributed by atoms with E-state index in [0.29, 0.717) is 5.56 Å². The van der Waals surface area contributed by atoms with Crippen molar-refractivity contribution in [1.82, 2.24) is 4.90 Å². The molecule has 106 valence electrons. The number of nitrogens with two attached hydrogens (primary N) is 1. The summed E-state index contributed by atoms with van der Waals surface area (Å²) in [5.41, 5.74) is 6.43. The molecule has 0 saturated heterocycles. The zero-order chi connectivity index (χ0) is 14.6. The Bertz CT molecular complexity index is 434. The molecule has 0 aliphatic carbocycles. The predicted molar refractivity (Wildman–Crippen MR) is 75.0 cm³/mol. The van der Waals surface area contributed by atoms with Gasteiger partial charge in [0.05, 0.1) is 6.04 Å². The molecule has 0 bridgehead atoms. The molecule has 0 aliphatic heterocycles. The Morgan fingerprint density at radius 1 is 1.32 bits per heavy atom. The van der Waals surface area contributed by atoms with Gasteiger partial charge in [-0.2, -0.15) is 0 Å². The van der Waals surface area contributed by atoms with E-state index in [1.54, 1.807) is 30.1 Å². The molecule has 1 aromatic rings. The van der Waals surface area contributed by atoms with Crippen LogP contribution in [0.1, 0.15) is 38.8 Å². The van der Waals surface area contributed by atoms with E-state index in [1.807, 2.05) is 20.8 Å². The minimum Gasteiger partial charge on any atom is -0.339 e. The Morgan fingerprint density at radius 2 is 1.89 bits per heavy atom. The van der Waals surface area contributed by atoms with Crippen LogP contribution in [0.25, 0.3) is 0 Å². The molecule has 0 fully saturated rings. The Balaban J connectivity index is 2.75. The van der Waals surface area contributed by atoms with Gasteiger partial charge >= 0.3 is 0 Å². The lowest BCUT2D eigenvalue weighted by molar-refractivity contribution is -0.132. The average Bonchev–Trinajstić information content (AvgIpc) is 2.37. The van der Waals surface area contributed by atoms with Crippen molar-refractivity contribution in [2.45, 2.75) is 39.3 Å². The number of halogens is 1. The first-order chi connectivity index (χ1) is 8.84. The van der Waals surface area contributed by atoms with E-state index >= 15 is 0 Å². The second-order valence-electron chi connectivity index (χ2n) is 5.31. The van der Waals surface area contributed by atoms with Crippen LogP contribution in [0.2, 0.25) is 0 Å². The molecule has 1 aromatic carbocycles. The standard InChI is InChI=1S/C15H23FN2O/c1-10(2)14(17)9-15(19)18(4)11(3)12-7-5-6-8-13(12)16/h5-8,10-11,14H,9,17H2,1-4H3. The molecule has 1 rings (SSSR count). The van der Waals surface area contributed by atoms with Gasteiger partial charge in [0.2, 0.25) is 5.91 Å². The Hall–Kier alpha value is -1.42. The molecular formula is C15H23FN2O. The number of carbonyl (C=O) groups excluding carboxylic acids is 1. The van der Waals surface area contributed by atoms with Gasteiger partial charge in [-0.1, -0.05) is 32.0 Å². The lowest BCUT2D eigenvalue weighted by Gasteiger charge is -2.27. The molecule has 0 heterocycles. The summed E-state index contributed by atoms with van der Waals surface area (Å²) in [7, 11) is 1.69. The van der Waals surface area contributed by atoms with Gasteiger partial charge in [0.15, 0.2) is 0 Å². The van der Waals surface area contributed by atoms with Gasteiger partial charge < -0.3 is 10.6 Å². The summed E-state index contributed by atoms with van der Waals surface area (Å²) in [6.07, 6.45) is 0.285. The van der Waals surface area contributed by atoms with Crippen LogP contribution in [0.4, 0.5) is 4.39 Å². The normalized spacial score (nSPS) is 14.3. The lowest BCUT2D eigenvalue weighted by Crippen LogP contribution is -2.37. The molecule has 0 aliphatic rings. The van der Waals surface area contributed by atoms with Gasteiger partial charge in [-0.05, 0) is 18.9 Å². The summed E-state index contributed by atoms with van der Waals surface area (Å²) in [4.78, 5) is 13.7. The number of hydrogen-bond donors (Lipinski definition) is 1. The molecule has 0 spiro atoms. The van der Waals surface area contributed by atoms with Crippen LogP contribution < -0.4 is 5.73 Å². The smallest absolute Gasteiger partial charge is 0.224 e. The van der Waals surface area contributed by atoms with Crippen LogP contribution in [-0.4, -0.2) is 23.9 Å². The summed E-state index contributed by atoms with van der Waals surface area (Å²) in [6.45, 7) is 5.79. The maximum atomic E-state index is 13.7. The summed E-state index contributed by atoms with van der Waals surface area (Å²) in [5.74, 6) is -0.0964. The summed E-state index contributed by atoms with van der Waals surface area (Å²) >= 11 is 0. The number of benzene rings is 1. The van der Waals surface area contributed by atoms with Crippen LogP contribution >= 0.6 is 0 Å². The molecule has 0 aromatic heterocycles. The van der Waals surface area contributed by atoms with Crippen molar-refractivity contribution < 1.29 is 9.18 Å². The number of hydrogen-bond acceptors (Lipinski definition) is 2. The Labute approximate surface area is 114 Å². The fraction of sp³-hybridized carbons (Fsp3) is 0.533.